The van der Waals surface area contributed by atoms with Gasteiger partial charge in [-0.3, -0.25) is 0 Å². The van der Waals surface area contributed by atoms with E-state index in [1.165, 1.54) is 23.4 Å². The molecule has 0 amide bonds. The monoisotopic (exact) mass is 335 g/mol. The van der Waals surface area contributed by atoms with Gasteiger partial charge in [0.2, 0.25) is 5.76 Å². The van der Waals surface area contributed by atoms with Crippen LogP contribution in [-0.2, 0) is 6.54 Å². The normalized spacial score (nSPS) is 11.5. The van der Waals surface area contributed by atoms with Gasteiger partial charge in [-0.2, -0.15) is 5.10 Å². The van der Waals surface area contributed by atoms with Gasteiger partial charge in [0.1, 0.15) is 18.4 Å². The molecule has 4 rings (SSSR count). The fourth-order valence-corrected chi connectivity index (χ4v) is 2.64. The number of carboxylic acids is 1. The summed E-state index contributed by atoms with van der Waals surface area (Å²) in [4.78, 5) is 11.0. The zero-order valence-corrected chi connectivity index (χ0v) is 13.0. The highest BCUT2D eigenvalue weighted by atomic mass is 16.4. The molecule has 0 aliphatic carbocycles. The number of rotatable bonds is 5. The van der Waals surface area contributed by atoms with Gasteiger partial charge in [-0.05, 0) is 18.2 Å². The SMILES string of the molecule is O=C(O)c1ccc(Cn2cc(C=Nn3cnnc3)c3ccccc32)o1. The van der Waals surface area contributed by atoms with Crippen LogP contribution >= 0.6 is 0 Å². The van der Waals surface area contributed by atoms with Crippen LogP contribution in [0, 0.1) is 0 Å². The van der Waals surface area contributed by atoms with Crippen molar-refractivity contribution in [3.63, 3.8) is 0 Å². The number of nitrogens with zero attached hydrogens (tertiary/aromatic N) is 5. The molecule has 0 bridgehead atoms. The van der Waals surface area contributed by atoms with E-state index in [0.717, 1.165) is 16.5 Å². The molecule has 0 radical (unpaired) electrons. The molecule has 0 fully saturated rings. The lowest BCUT2D eigenvalue weighted by molar-refractivity contribution is 0.0660. The Hall–Kier alpha value is -3.68. The van der Waals surface area contributed by atoms with Crippen molar-refractivity contribution in [3.8, 4) is 0 Å². The predicted octanol–water partition coefficient (Wildman–Crippen LogP) is 2.45. The molecule has 3 heterocycles. The van der Waals surface area contributed by atoms with Crippen LogP contribution in [0.2, 0.25) is 0 Å². The molecule has 0 saturated carbocycles. The predicted molar refractivity (Wildman–Crippen MR) is 89.7 cm³/mol. The minimum absolute atomic E-state index is 0.0687. The van der Waals surface area contributed by atoms with Gasteiger partial charge in [0, 0.05) is 22.7 Å². The number of hydrogen-bond acceptors (Lipinski definition) is 5. The lowest BCUT2D eigenvalue weighted by Gasteiger charge is -2.02. The Labute approximate surface area is 141 Å². The van der Waals surface area contributed by atoms with E-state index in [9.17, 15) is 4.79 Å². The average Bonchev–Trinajstić information content (AvgIpc) is 3.34. The number of fused-ring (bicyclic) bond motifs is 1. The Bertz CT molecular complexity index is 1060. The first-order valence-corrected chi connectivity index (χ1v) is 7.49. The first-order valence-electron chi connectivity index (χ1n) is 7.49. The second kappa shape index (κ2) is 6.08. The average molecular weight is 335 g/mol. The highest BCUT2D eigenvalue weighted by Gasteiger charge is 2.12. The number of para-hydroxylation sites is 1. The summed E-state index contributed by atoms with van der Waals surface area (Å²) in [7, 11) is 0. The van der Waals surface area contributed by atoms with Gasteiger partial charge >= 0.3 is 5.97 Å². The standard InChI is InChI=1S/C17H13N5O3/c23-17(24)16-6-5-13(25-16)9-21-8-12(7-20-22-10-18-19-11-22)14-3-1-2-4-15(14)21/h1-8,10-11H,9H2,(H,23,24). The van der Waals surface area contributed by atoms with E-state index in [1.54, 1.807) is 12.3 Å². The Morgan fingerprint density at radius 3 is 2.76 bits per heavy atom. The minimum atomic E-state index is -1.08. The van der Waals surface area contributed by atoms with E-state index in [2.05, 4.69) is 15.3 Å². The Morgan fingerprint density at radius 1 is 1.20 bits per heavy atom. The van der Waals surface area contributed by atoms with Crippen molar-refractivity contribution in [1.82, 2.24) is 19.4 Å². The van der Waals surface area contributed by atoms with E-state index >= 15 is 0 Å². The summed E-state index contributed by atoms with van der Waals surface area (Å²) in [6.45, 7) is 0.425. The summed E-state index contributed by atoms with van der Waals surface area (Å²) in [5, 5.41) is 21.7. The Morgan fingerprint density at radius 2 is 2.00 bits per heavy atom. The lowest BCUT2D eigenvalue weighted by Crippen LogP contribution is -1.97. The molecule has 0 aliphatic rings. The highest BCUT2D eigenvalue weighted by molar-refractivity contribution is 5.99. The van der Waals surface area contributed by atoms with Crippen LogP contribution in [0.5, 0.6) is 0 Å². The lowest BCUT2D eigenvalue weighted by atomic mass is 10.2. The molecule has 1 N–H and O–H groups in total. The van der Waals surface area contributed by atoms with Crippen molar-refractivity contribution in [2.24, 2.45) is 5.10 Å². The molecule has 0 spiro atoms. The van der Waals surface area contributed by atoms with Crippen LogP contribution in [0.15, 0.2) is 64.8 Å². The number of aromatic nitrogens is 4. The molecule has 0 saturated heterocycles. The largest absolute Gasteiger partial charge is 0.475 e. The quantitative estimate of drug-likeness (QED) is 0.565. The van der Waals surface area contributed by atoms with Gasteiger partial charge in [-0.15, -0.1) is 10.2 Å². The highest BCUT2D eigenvalue weighted by Crippen LogP contribution is 2.22. The van der Waals surface area contributed by atoms with E-state index < -0.39 is 5.97 Å². The van der Waals surface area contributed by atoms with E-state index in [4.69, 9.17) is 9.52 Å². The third-order valence-corrected chi connectivity index (χ3v) is 3.75. The molecule has 4 aromatic rings. The fourth-order valence-electron chi connectivity index (χ4n) is 2.64. The Kier molecular flexibility index (Phi) is 3.62. The second-order valence-electron chi connectivity index (χ2n) is 5.39. The number of hydrogen-bond donors (Lipinski definition) is 1. The Balaban J connectivity index is 1.70. The zero-order chi connectivity index (χ0) is 17.2. The topological polar surface area (TPSA) is 98.4 Å². The molecule has 8 nitrogen and oxygen atoms in total. The maximum Gasteiger partial charge on any atom is 0.371 e. The summed E-state index contributed by atoms with van der Waals surface area (Å²) in [5.74, 6) is -0.577. The summed E-state index contributed by atoms with van der Waals surface area (Å²) in [6, 6.07) is 11.0. The maximum atomic E-state index is 11.0. The van der Waals surface area contributed by atoms with Crippen molar-refractivity contribution < 1.29 is 14.3 Å². The summed E-state index contributed by atoms with van der Waals surface area (Å²) in [5.41, 5.74) is 1.93. The number of aromatic carboxylic acids is 1. The van der Waals surface area contributed by atoms with Crippen molar-refractivity contribution in [1.29, 1.82) is 0 Å². The van der Waals surface area contributed by atoms with Crippen molar-refractivity contribution in [2.45, 2.75) is 6.54 Å². The fraction of sp³-hybridized carbons (Fsp3) is 0.0588. The third-order valence-electron chi connectivity index (χ3n) is 3.75. The van der Waals surface area contributed by atoms with Gasteiger partial charge in [-0.25, -0.2) is 9.47 Å². The molecular formula is C17H13N5O3. The van der Waals surface area contributed by atoms with Crippen molar-refractivity contribution >= 4 is 23.1 Å². The summed E-state index contributed by atoms with van der Waals surface area (Å²) in [6.07, 6.45) is 6.69. The first-order chi connectivity index (χ1) is 12.2. The maximum absolute atomic E-state index is 11.0. The van der Waals surface area contributed by atoms with Gasteiger partial charge in [0.05, 0.1) is 12.8 Å². The minimum Gasteiger partial charge on any atom is -0.475 e. The van der Waals surface area contributed by atoms with Gasteiger partial charge in [0.25, 0.3) is 0 Å². The van der Waals surface area contributed by atoms with E-state index in [0.29, 0.717) is 12.3 Å². The van der Waals surface area contributed by atoms with E-state index in [1.807, 2.05) is 35.0 Å². The van der Waals surface area contributed by atoms with Gasteiger partial charge < -0.3 is 14.1 Å². The van der Waals surface area contributed by atoms with Crippen LogP contribution in [0.4, 0.5) is 0 Å². The summed E-state index contributed by atoms with van der Waals surface area (Å²) < 4.78 is 8.86. The number of carbonyl (C=O) groups is 1. The molecule has 8 heteroatoms. The molecule has 124 valence electrons. The zero-order valence-electron chi connectivity index (χ0n) is 13.0. The van der Waals surface area contributed by atoms with Crippen LogP contribution in [0.25, 0.3) is 10.9 Å². The second-order valence-corrected chi connectivity index (χ2v) is 5.39. The molecule has 3 aromatic heterocycles. The van der Waals surface area contributed by atoms with Crippen LogP contribution in [0.1, 0.15) is 21.9 Å². The van der Waals surface area contributed by atoms with E-state index in [-0.39, 0.29) is 5.76 Å². The van der Waals surface area contributed by atoms with Gasteiger partial charge in [0.15, 0.2) is 0 Å². The molecule has 0 unspecified atom stereocenters. The summed E-state index contributed by atoms with van der Waals surface area (Å²) >= 11 is 0. The number of benzene rings is 1. The third kappa shape index (κ3) is 2.92. The number of carboxylic acid groups (broad SMARTS) is 1. The first kappa shape index (κ1) is 14.9. The van der Waals surface area contributed by atoms with Gasteiger partial charge in [-0.1, -0.05) is 18.2 Å². The van der Waals surface area contributed by atoms with Crippen LogP contribution in [0.3, 0.4) is 0 Å². The smallest absolute Gasteiger partial charge is 0.371 e. The van der Waals surface area contributed by atoms with Crippen LogP contribution < -0.4 is 0 Å². The van der Waals surface area contributed by atoms with Crippen LogP contribution in [-0.4, -0.2) is 36.7 Å². The molecule has 25 heavy (non-hydrogen) atoms. The molecule has 1 aromatic carbocycles. The number of furan rings is 1. The van der Waals surface area contributed by atoms with Crippen molar-refractivity contribution in [2.75, 3.05) is 0 Å². The molecule has 0 aliphatic heterocycles. The van der Waals surface area contributed by atoms with Crippen molar-refractivity contribution in [3.05, 3.63) is 72.3 Å². The molecular weight excluding hydrogens is 322 g/mol. The molecule has 0 atom stereocenters.